The molecule has 0 aliphatic heterocycles. The van der Waals surface area contributed by atoms with Crippen molar-refractivity contribution in [1.82, 2.24) is 0 Å². The zero-order valence-corrected chi connectivity index (χ0v) is 14.3. The van der Waals surface area contributed by atoms with Gasteiger partial charge in [-0.2, -0.15) is 0 Å². The van der Waals surface area contributed by atoms with Crippen molar-refractivity contribution < 1.29 is 23.4 Å². The maximum Gasteiger partial charge on any atom is 0.513 e. The molecule has 0 radical (unpaired) electrons. The molecule has 0 fully saturated rings. The zero-order chi connectivity index (χ0) is 17.7. The molecule has 128 valence electrons. The maximum atomic E-state index is 14.1. The molecule has 0 aliphatic rings. The molecule has 0 saturated carbocycles. The summed E-state index contributed by atoms with van der Waals surface area (Å²) in [7, 11) is 1.24. The summed E-state index contributed by atoms with van der Waals surface area (Å²) in [5.41, 5.74) is 3.47. The number of carbonyl (C=O) groups is 1. The molecule has 0 aliphatic carbocycles. The van der Waals surface area contributed by atoms with E-state index in [4.69, 9.17) is 9.47 Å². The summed E-state index contributed by atoms with van der Waals surface area (Å²) in [4.78, 5) is 11.4. The summed E-state index contributed by atoms with van der Waals surface area (Å²) in [6.45, 7) is 5.82. The molecule has 0 bridgehead atoms. The Morgan fingerprint density at radius 2 is 1.83 bits per heavy atom. The lowest BCUT2D eigenvalue weighted by Crippen LogP contribution is -2.11. The highest BCUT2D eigenvalue weighted by atomic mass is 19.1. The Hall–Kier alpha value is -2.56. The van der Waals surface area contributed by atoms with Gasteiger partial charge in [0.25, 0.3) is 0 Å². The van der Waals surface area contributed by atoms with Crippen molar-refractivity contribution in [3.8, 4) is 11.5 Å². The summed E-state index contributed by atoms with van der Waals surface area (Å²) >= 11 is 0. The van der Waals surface area contributed by atoms with Gasteiger partial charge in [0.2, 0.25) is 0 Å². The van der Waals surface area contributed by atoms with Crippen LogP contribution in [0.15, 0.2) is 30.3 Å². The largest absolute Gasteiger partial charge is 0.513 e. The lowest BCUT2D eigenvalue weighted by Gasteiger charge is -2.15. The highest BCUT2D eigenvalue weighted by Crippen LogP contribution is 2.27. The molecular formula is C19H21FO4. The smallest absolute Gasteiger partial charge is 0.486 e. The Morgan fingerprint density at radius 1 is 1.12 bits per heavy atom. The number of benzene rings is 2. The Labute approximate surface area is 141 Å². The van der Waals surface area contributed by atoms with E-state index in [-0.39, 0.29) is 12.4 Å². The highest BCUT2D eigenvalue weighted by molar-refractivity contribution is 5.64. The van der Waals surface area contributed by atoms with E-state index in [9.17, 15) is 9.18 Å². The fraction of sp³-hybridized carbons (Fsp3) is 0.316. The van der Waals surface area contributed by atoms with Gasteiger partial charge in [0.15, 0.2) is 11.6 Å². The topological polar surface area (TPSA) is 44.8 Å². The molecule has 4 nitrogen and oxygen atoms in total. The van der Waals surface area contributed by atoms with E-state index in [0.29, 0.717) is 11.3 Å². The molecule has 0 spiro atoms. The van der Waals surface area contributed by atoms with E-state index in [2.05, 4.69) is 4.74 Å². The predicted molar refractivity (Wildman–Crippen MR) is 89.1 cm³/mol. The highest BCUT2D eigenvalue weighted by Gasteiger charge is 2.15. The van der Waals surface area contributed by atoms with Gasteiger partial charge in [-0.05, 0) is 55.2 Å². The third kappa shape index (κ3) is 4.04. The van der Waals surface area contributed by atoms with Crippen LogP contribution in [0.4, 0.5) is 9.18 Å². The minimum atomic E-state index is -0.804. The Bertz CT molecular complexity index is 740. The first-order valence-electron chi connectivity index (χ1n) is 7.72. The van der Waals surface area contributed by atoms with E-state index < -0.39 is 12.0 Å². The minimum Gasteiger partial charge on any atom is -0.486 e. The summed E-state index contributed by atoms with van der Waals surface area (Å²) in [5.74, 6) is 0.112. The van der Waals surface area contributed by atoms with E-state index in [1.54, 1.807) is 18.2 Å². The first kappa shape index (κ1) is 17.8. The third-order valence-electron chi connectivity index (χ3n) is 3.89. The second-order valence-electron chi connectivity index (χ2n) is 5.46. The van der Waals surface area contributed by atoms with Crippen molar-refractivity contribution in [2.75, 3.05) is 7.11 Å². The number of methoxy groups -OCH3 is 1. The van der Waals surface area contributed by atoms with Crippen LogP contribution in [0.1, 0.15) is 29.2 Å². The summed E-state index contributed by atoms with van der Waals surface area (Å²) in [6, 6.07) is 8.48. The van der Waals surface area contributed by atoms with Crippen molar-refractivity contribution in [2.45, 2.75) is 33.8 Å². The van der Waals surface area contributed by atoms with E-state index in [1.807, 2.05) is 26.8 Å². The van der Waals surface area contributed by atoms with Crippen LogP contribution < -0.4 is 9.47 Å². The van der Waals surface area contributed by atoms with Gasteiger partial charge in [-0.25, -0.2) is 9.18 Å². The van der Waals surface area contributed by atoms with Crippen molar-refractivity contribution >= 4 is 6.16 Å². The molecule has 5 heteroatoms. The number of hydrogen-bond acceptors (Lipinski definition) is 4. The molecule has 0 N–H and O–H groups in total. The number of aryl methyl sites for hydroxylation is 3. The van der Waals surface area contributed by atoms with Crippen LogP contribution in [-0.2, 0) is 17.8 Å². The standard InChI is InChI=1S/C19H21FO4/c1-5-14-7-6-8-17(24-19(21)22-4)15(14)11-23-18-10-13(3)12(2)9-16(18)20/h6-10H,5,11H2,1-4H3. The first-order chi connectivity index (χ1) is 11.5. The molecule has 2 aromatic carbocycles. The molecule has 0 amide bonds. The van der Waals surface area contributed by atoms with Gasteiger partial charge < -0.3 is 14.2 Å². The van der Waals surface area contributed by atoms with Gasteiger partial charge in [-0.15, -0.1) is 0 Å². The van der Waals surface area contributed by atoms with Gasteiger partial charge in [-0.3, -0.25) is 0 Å². The molecule has 0 unspecified atom stereocenters. The van der Waals surface area contributed by atoms with Crippen LogP contribution in [0.25, 0.3) is 0 Å². The second-order valence-corrected chi connectivity index (χ2v) is 5.46. The van der Waals surface area contributed by atoms with E-state index in [0.717, 1.165) is 23.1 Å². The second kappa shape index (κ2) is 7.81. The normalized spacial score (nSPS) is 10.4. The summed E-state index contributed by atoms with van der Waals surface area (Å²) in [5, 5.41) is 0. The number of ether oxygens (including phenoxy) is 3. The van der Waals surface area contributed by atoms with Gasteiger partial charge in [-0.1, -0.05) is 19.1 Å². The minimum absolute atomic E-state index is 0.0930. The van der Waals surface area contributed by atoms with Crippen LogP contribution in [0.3, 0.4) is 0 Å². The average molecular weight is 332 g/mol. The molecule has 2 rings (SSSR count). The first-order valence-corrected chi connectivity index (χ1v) is 7.72. The van der Waals surface area contributed by atoms with Gasteiger partial charge in [0.05, 0.1) is 7.11 Å². The summed E-state index contributed by atoms with van der Waals surface area (Å²) < 4.78 is 29.4. The monoisotopic (exact) mass is 332 g/mol. The Kier molecular flexibility index (Phi) is 5.79. The van der Waals surface area contributed by atoms with E-state index in [1.165, 1.54) is 13.2 Å². The Balaban J connectivity index is 2.28. The fourth-order valence-corrected chi connectivity index (χ4v) is 2.35. The maximum absolute atomic E-state index is 14.1. The molecule has 2 aromatic rings. The molecule has 0 atom stereocenters. The van der Waals surface area contributed by atoms with Crippen molar-refractivity contribution in [2.24, 2.45) is 0 Å². The van der Waals surface area contributed by atoms with Crippen molar-refractivity contribution in [3.63, 3.8) is 0 Å². The van der Waals surface area contributed by atoms with Crippen LogP contribution >= 0.6 is 0 Å². The van der Waals surface area contributed by atoms with Crippen LogP contribution in [0, 0.1) is 19.7 Å². The third-order valence-corrected chi connectivity index (χ3v) is 3.89. The number of carbonyl (C=O) groups excluding carboxylic acids is 1. The quantitative estimate of drug-likeness (QED) is 0.586. The SMILES string of the molecule is CCc1cccc(OC(=O)OC)c1COc1cc(C)c(C)cc1F. The number of hydrogen-bond donors (Lipinski definition) is 0. The van der Waals surface area contributed by atoms with Crippen molar-refractivity contribution in [3.05, 3.63) is 58.4 Å². The van der Waals surface area contributed by atoms with Crippen molar-refractivity contribution in [1.29, 1.82) is 0 Å². The Morgan fingerprint density at radius 3 is 2.50 bits per heavy atom. The van der Waals surface area contributed by atoms with Crippen LogP contribution in [0.2, 0.25) is 0 Å². The van der Waals surface area contributed by atoms with Gasteiger partial charge in [0.1, 0.15) is 12.4 Å². The van der Waals surface area contributed by atoms with E-state index >= 15 is 0 Å². The molecule has 0 saturated heterocycles. The number of halogens is 1. The molecule has 24 heavy (non-hydrogen) atoms. The fourth-order valence-electron chi connectivity index (χ4n) is 2.35. The summed E-state index contributed by atoms with van der Waals surface area (Å²) in [6.07, 6.45) is -0.0752. The lowest BCUT2D eigenvalue weighted by atomic mass is 10.0. The molecule has 0 heterocycles. The molecular weight excluding hydrogens is 311 g/mol. The van der Waals surface area contributed by atoms with Gasteiger partial charge >= 0.3 is 6.16 Å². The zero-order valence-electron chi connectivity index (χ0n) is 14.3. The van der Waals surface area contributed by atoms with Gasteiger partial charge in [0, 0.05) is 5.56 Å². The van der Waals surface area contributed by atoms with Crippen LogP contribution in [-0.4, -0.2) is 13.3 Å². The lowest BCUT2D eigenvalue weighted by molar-refractivity contribution is 0.120. The molecule has 0 aromatic heterocycles. The van der Waals surface area contributed by atoms with Crippen LogP contribution in [0.5, 0.6) is 11.5 Å². The number of rotatable bonds is 5. The predicted octanol–water partition coefficient (Wildman–Crippen LogP) is 4.73. The average Bonchev–Trinajstić information content (AvgIpc) is 2.57.